The molecule has 0 radical (unpaired) electrons. The standard InChI is InChI=1S/C6H13BrO/c1-3-4-8-6(2)5-7/h6H,3-5H2,1-2H3. The molecule has 0 spiro atoms. The van der Waals surface area contributed by atoms with Crippen LogP contribution in [-0.4, -0.2) is 18.0 Å². The quantitative estimate of drug-likeness (QED) is 0.604. The van der Waals surface area contributed by atoms with E-state index in [0.29, 0.717) is 6.10 Å². The normalized spacial score (nSPS) is 13.9. The van der Waals surface area contributed by atoms with Gasteiger partial charge in [0, 0.05) is 11.9 Å². The van der Waals surface area contributed by atoms with Gasteiger partial charge < -0.3 is 4.74 Å². The lowest BCUT2D eigenvalue weighted by atomic mass is 10.4. The third kappa shape index (κ3) is 4.60. The van der Waals surface area contributed by atoms with E-state index in [-0.39, 0.29) is 0 Å². The molecular weight excluding hydrogens is 168 g/mol. The van der Waals surface area contributed by atoms with E-state index in [1.165, 1.54) is 0 Å². The summed E-state index contributed by atoms with van der Waals surface area (Å²) in [6.07, 6.45) is 1.48. The van der Waals surface area contributed by atoms with Crippen molar-refractivity contribution in [3.63, 3.8) is 0 Å². The van der Waals surface area contributed by atoms with E-state index in [1.54, 1.807) is 0 Å². The van der Waals surface area contributed by atoms with Crippen LogP contribution in [0.1, 0.15) is 20.3 Å². The predicted molar refractivity (Wildman–Crippen MR) is 39.5 cm³/mol. The van der Waals surface area contributed by atoms with Gasteiger partial charge in [0.1, 0.15) is 0 Å². The van der Waals surface area contributed by atoms with E-state index in [9.17, 15) is 0 Å². The van der Waals surface area contributed by atoms with Crippen molar-refractivity contribution in [2.75, 3.05) is 11.9 Å². The van der Waals surface area contributed by atoms with Crippen LogP contribution in [0.4, 0.5) is 0 Å². The van der Waals surface area contributed by atoms with Crippen molar-refractivity contribution >= 4 is 15.9 Å². The number of ether oxygens (including phenoxy) is 1. The van der Waals surface area contributed by atoms with Crippen LogP contribution in [0, 0.1) is 0 Å². The zero-order valence-corrected chi connectivity index (χ0v) is 7.07. The number of hydrogen-bond acceptors (Lipinski definition) is 1. The minimum atomic E-state index is 0.370. The van der Waals surface area contributed by atoms with Crippen LogP contribution in [0.5, 0.6) is 0 Å². The van der Waals surface area contributed by atoms with E-state index in [1.807, 2.05) is 0 Å². The first-order valence-electron chi connectivity index (χ1n) is 2.98. The molecule has 0 N–H and O–H groups in total. The van der Waals surface area contributed by atoms with Gasteiger partial charge in [0.25, 0.3) is 0 Å². The van der Waals surface area contributed by atoms with E-state index in [2.05, 4.69) is 29.8 Å². The van der Waals surface area contributed by atoms with Crippen LogP contribution < -0.4 is 0 Å². The van der Waals surface area contributed by atoms with Crippen molar-refractivity contribution in [3.05, 3.63) is 0 Å². The molecule has 0 rings (SSSR count). The van der Waals surface area contributed by atoms with Gasteiger partial charge >= 0.3 is 0 Å². The van der Waals surface area contributed by atoms with Crippen molar-refractivity contribution in [2.24, 2.45) is 0 Å². The summed E-state index contributed by atoms with van der Waals surface area (Å²) in [5.41, 5.74) is 0. The first-order chi connectivity index (χ1) is 3.81. The Balaban J connectivity index is 2.86. The fourth-order valence-electron chi connectivity index (χ4n) is 0.364. The molecule has 1 unspecified atom stereocenters. The highest BCUT2D eigenvalue weighted by Gasteiger charge is 1.95. The molecule has 0 aliphatic rings. The Labute approximate surface area is 59.5 Å². The average molecular weight is 181 g/mol. The fraction of sp³-hybridized carbons (Fsp3) is 1.00. The molecule has 0 saturated heterocycles. The minimum absolute atomic E-state index is 0.370. The van der Waals surface area contributed by atoms with Gasteiger partial charge in [0.05, 0.1) is 6.10 Å². The number of alkyl halides is 1. The monoisotopic (exact) mass is 180 g/mol. The lowest BCUT2D eigenvalue weighted by Crippen LogP contribution is -2.09. The Bertz CT molecular complexity index is 47.8. The molecule has 8 heavy (non-hydrogen) atoms. The summed E-state index contributed by atoms with van der Waals surface area (Å²) >= 11 is 3.32. The molecule has 0 bridgehead atoms. The molecule has 0 aliphatic carbocycles. The van der Waals surface area contributed by atoms with Gasteiger partial charge in [-0.15, -0.1) is 0 Å². The van der Waals surface area contributed by atoms with E-state index >= 15 is 0 Å². The van der Waals surface area contributed by atoms with Crippen LogP contribution in [0.2, 0.25) is 0 Å². The molecule has 0 amide bonds. The Hall–Kier alpha value is 0.440. The second kappa shape index (κ2) is 5.57. The van der Waals surface area contributed by atoms with Crippen LogP contribution in [0.3, 0.4) is 0 Å². The third-order valence-electron chi connectivity index (χ3n) is 0.824. The van der Waals surface area contributed by atoms with Crippen molar-refractivity contribution < 1.29 is 4.74 Å². The SMILES string of the molecule is CCCOC(C)CBr. The molecule has 1 atom stereocenters. The van der Waals surface area contributed by atoms with Crippen molar-refractivity contribution in [1.82, 2.24) is 0 Å². The topological polar surface area (TPSA) is 9.23 Å². The van der Waals surface area contributed by atoms with Crippen LogP contribution in [-0.2, 0) is 4.74 Å². The maximum absolute atomic E-state index is 5.29. The highest BCUT2D eigenvalue weighted by molar-refractivity contribution is 9.09. The van der Waals surface area contributed by atoms with E-state index in [0.717, 1.165) is 18.4 Å². The van der Waals surface area contributed by atoms with Gasteiger partial charge in [-0.1, -0.05) is 22.9 Å². The van der Waals surface area contributed by atoms with Gasteiger partial charge in [-0.2, -0.15) is 0 Å². The first-order valence-corrected chi connectivity index (χ1v) is 4.11. The Morgan fingerprint density at radius 3 is 2.62 bits per heavy atom. The largest absolute Gasteiger partial charge is 0.378 e. The summed E-state index contributed by atoms with van der Waals surface area (Å²) in [5, 5.41) is 0.938. The number of rotatable bonds is 4. The van der Waals surface area contributed by atoms with Gasteiger partial charge in [-0.05, 0) is 13.3 Å². The molecule has 0 heterocycles. The summed E-state index contributed by atoms with van der Waals surface area (Å²) in [4.78, 5) is 0. The van der Waals surface area contributed by atoms with Crippen molar-refractivity contribution in [3.8, 4) is 0 Å². The highest BCUT2D eigenvalue weighted by Crippen LogP contribution is 1.95. The van der Waals surface area contributed by atoms with Gasteiger partial charge in [0.15, 0.2) is 0 Å². The summed E-state index contributed by atoms with van der Waals surface area (Å²) in [6, 6.07) is 0. The third-order valence-corrected chi connectivity index (χ3v) is 1.74. The second-order valence-electron chi connectivity index (χ2n) is 1.84. The summed E-state index contributed by atoms with van der Waals surface area (Å²) < 4.78 is 5.29. The maximum Gasteiger partial charge on any atom is 0.0643 e. The second-order valence-corrected chi connectivity index (χ2v) is 2.48. The van der Waals surface area contributed by atoms with Crippen molar-refractivity contribution in [1.29, 1.82) is 0 Å². The number of hydrogen-bond donors (Lipinski definition) is 0. The molecule has 2 heteroatoms. The molecule has 50 valence electrons. The zero-order chi connectivity index (χ0) is 6.41. The maximum atomic E-state index is 5.29. The number of halogens is 1. The first kappa shape index (κ1) is 8.44. The Morgan fingerprint density at radius 2 is 2.25 bits per heavy atom. The summed E-state index contributed by atoms with van der Waals surface area (Å²) in [6.45, 7) is 5.05. The lowest BCUT2D eigenvalue weighted by molar-refractivity contribution is 0.0833. The lowest BCUT2D eigenvalue weighted by Gasteiger charge is -2.06. The van der Waals surface area contributed by atoms with Crippen LogP contribution in [0.15, 0.2) is 0 Å². The Kier molecular flexibility index (Phi) is 5.88. The van der Waals surface area contributed by atoms with Gasteiger partial charge in [-0.25, -0.2) is 0 Å². The van der Waals surface area contributed by atoms with Gasteiger partial charge in [0.2, 0.25) is 0 Å². The molecule has 0 aromatic rings. The fourth-order valence-corrected chi connectivity index (χ4v) is 0.550. The van der Waals surface area contributed by atoms with Crippen molar-refractivity contribution in [2.45, 2.75) is 26.4 Å². The molecule has 0 aromatic carbocycles. The molecule has 1 nitrogen and oxygen atoms in total. The highest BCUT2D eigenvalue weighted by atomic mass is 79.9. The Morgan fingerprint density at radius 1 is 1.62 bits per heavy atom. The van der Waals surface area contributed by atoms with E-state index in [4.69, 9.17) is 4.74 Å². The average Bonchev–Trinajstić information content (AvgIpc) is 1.83. The predicted octanol–water partition coefficient (Wildman–Crippen LogP) is 2.20. The van der Waals surface area contributed by atoms with E-state index < -0.39 is 0 Å². The molecule has 0 saturated carbocycles. The minimum Gasteiger partial charge on any atom is -0.378 e. The molecule has 0 aliphatic heterocycles. The summed E-state index contributed by atoms with van der Waals surface area (Å²) in [7, 11) is 0. The van der Waals surface area contributed by atoms with Gasteiger partial charge in [-0.3, -0.25) is 0 Å². The molecular formula is C6H13BrO. The van der Waals surface area contributed by atoms with Crippen LogP contribution in [0.25, 0.3) is 0 Å². The molecule has 0 fully saturated rings. The summed E-state index contributed by atoms with van der Waals surface area (Å²) in [5.74, 6) is 0. The van der Waals surface area contributed by atoms with Crippen LogP contribution >= 0.6 is 15.9 Å². The molecule has 0 aromatic heterocycles. The smallest absolute Gasteiger partial charge is 0.0643 e. The zero-order valence-electron chi connectivity index (χ0n) is 5.48.